The number of piperidine rings is 1. The highest BCUT2D eigenvalue weighted by atomic mass is 19.3. The quantitative estimate of drug-likeness (QED) is 0.536. The molecule has 4 heterocycles. The fourth-order valence-corrected chi connectivity index (χ4v) is 5.46. The molecule has 3 aliphatic rings. The summed E-state index contributed by atoms with van der Waals surface area (Å²) in [6.07, 6.45) is 4.73. The number of rotatable bonds is 7. The molecule has 11 heteroatoms. The minimum absolute atomic E-state index is 0.0244. The van der Waals surface area contributed by atoms with E-state index in [1.807, 2.05) is 0 Å². The van der Waals surface area contributed by atoms with E-state index in [2.05, 4.69) is 39.3 Å². The number of benzene rings is 1. The molecule has 0 amide bonds. The maximum atomic E-state index is 14.5. The summed E-state index contributed by atoms with van der Waals surface area (Å²) in [5.74, 6) is -0.307. The lowest BCUT2D eigenvalue weighted by atomic mass is 9.97. The number of aromatic nitrogens is 2. The molecule has 3 N–H and O–H groups in total. The summed E-state index contributed by atoms with van der Waals surface area (Å²) in [6, 6.07) is 5.32. The number of aliphatic hydroxyl groups is 1. The minimum atomic E-state index is -3.00. The summed E-state index contributed by atoms with van der Waals surface area (Å²) < 4.78 is 45.2. The van der Waals surface area contributed by atoms with Crippen LogP contribution in [-0.2, 0) is 0 Å². The minimum Gasteiger partial charge on any atom is -0.433 e. The Bertz CT molecular complexity index is 1070. The van der Waals surface area contributed by atoms with Crippen LogP contribution in [0, 0.1) is 5.82 Å². The fourth-order valence-electron chi connectivity index (χ4n) is 5.46. The van der Waals surface area contributed by atoms with Crippen LogP contribution in [0.3, 0.4) is 0 Å². The summed E-state index contributed by atoms with van der Waals surface area (Å²) in [5, 5.41) is 15.7. The van der Waals surface area contributed by atoms with Crippen molar-refractivity contribution in [2.75, 3.05) is 35.2 Å². The Labute approximate surface area is 202 Å². The molecule has 0 bridgehead atoms. The fraction of sp³-hybridized carbons (Fsp3) is 0.583. The lowest BCUT2D eigenvalue weighted by Gasteiger charge is -2.42. The zero-order valence-corrected chi connectivity index (χ0v) is 19.8. The van der Waals surface area contributed by atoms with Crippen molar-refractivity contribution < 1.29 is 23.0 Å². The van der Waals surface area contributed by atoms with Gasteiger partial charge in [-0.05, 0) is 51.7 Å². The van der Waals surface area contributed by atoms with Crippen LogP contribution in [0.15, 0.2) is 24.4 Å². The van der Waals surface area contributed by atoms with Crippen molar-refractivity contribution in [1.29, 1.82) is 0 Å². The summed E-state index contributed by atoms with van der Waals surface area (Å²) in [5.41, 5.74) is 1.10. The van der Waals surface area contributed by atoms with Gasteiger partial charge >= 0.3 is 6.61 Å². The van der Waals surface area contributed by atoms with E-state index in [0.29, 0.717) is 30.5 Å². The van der Waals surface area contributed by atoms with Crippen LogP contribution in [0.1, 0.15) is 39.5 Å². The number of nitrogens with zero attached hydrogens (tertiary/aromatic N) is 4. The monoisotopic (exact) mass is 492 g/mol. The molecular weight excluding hydrogens is 461 g/mol. The number of anilines is 4. The molecule has 0 unspecified atom stereocenters. The maximum Gasteiger partial charge on any atom is 0.387 e. The predicted molar refractivity (Wildman–Crippen MR) is 127 cm³/mol. The van der Waals surface area contributed by atoms with Crippen molar-refractivity contribution in [3.05, 3.63) is 30.2 Å². The van der Waals surface area contributed by atoms with E-state index in [1.165, 1.54) is 6.07 Å². The maximum absolute atomic E-state index is 14.5. The topological polar surface area (TPSA) is 85.8 Å². The van der Waals surface area contributed by atoms with Crippen molar-refractivity contribution in [3.63, 3.8) is 0 Å². The molecule has 1 aromatic carbocycles. The standard InChI is InChI=1S/C24H31F3N6O2/c1-24(2)7-5-16-9-15(6-8-33(16)24)29-21-18(25)11-28-23(31-21)30-14-3-4-19(32-12-17(34)13-32)20(10-14)35-22(26)27/h3-4,10-11,15-17,22,34H,5-9,12-13H2,1-2H3,(H2,28,29,30,31)/t15-,16+/m0/s1. The molecule has 3 fully saturated rings. The van der Waals surface area contributed by atoms with E-state index >= 15 is 0 Å². The van der Waals surface area contributed by atoms with Gasteiger partial charge < -0.3 is 25.4 Å². The Morgan fingerprint density at radius 2 is 2.03 bits per heavy atom. The normalized spacial score (nSPS) is 24.3. The van der Waals surface area contributed by atoms with Gasteiger partial charge in [-0.25, -0.2) is 9.37 Å². The largest absolute Gasteiger partial charge is 0.433 e. The van der Waals surface area contributed by atoms with Gasteiger partial charge in [0.25, 0.3) is 0 Å². The number of nitrogens with one attached hydrogen (secondary N) is 2. The molecule has 35 heavy (non-hydrogen) atoms. The third kappa shape index (κ3) is 5.11. The number of halogens is 3. The average molecular weight is 493 g/mol. The summed E-state index contributed by atoms with van der Waals surface area (Å²) in [7, 11) is 0. The van der Waals surface area contributed by atoms with E-state index in [1.54, 1.807) is 17.0 Å². The molecule has 1 aromatic heterocycles. The number of fused-ring (bicyclic) bond motifs is 1. The van der Waals surface area contributed by atoms with Crippen molar-refractivity contribution in [1.82, 2.24) is 14.9 Å². The summed E-state index contributed by atoms with van der Waals surface area (Å²) in [4.78, 5) is 12.6. The highest BCUT2D eigenvalue weighted by molar-refractivity contribution is 5.68. The van der Waals surface area contributed by atoms with Gasteiger partial charge in [-0.3, -0.25) is 4.90 Å². The lowest BCUT2D eigenvalue weighted by Crippen LogP contribution is -2.51. The number of β-amino-alcohol motifs (C(OH)–C–C–N with tert-alkyl or cyclic N) is 1. The summed E-state index contributed by atoms with van der Waals surface area (Å²) >= 11 is 0. The smallest absolute Gasteiger partial charge is 0.387 e. The van der Waals surface area contributed by atoms with E-state index in [4.69, 9.17) is 4.74 Å². The van der Waals surface area contributed by atoms with Gasteiger partial charge in [0, 0.05) is 49.0 Å². The highest BCUT2D eigenvalue weighted by Gasteiger charge is 2.42. The van der Waals surface area contributed by atoms with Crippen LogP contribution in [0.25, 0.3) is 0 Å². The number of alkyl halides is 2. The van der Waals surface area contributed by atoms with E-state index in [0.717, 1.165) is 38.4 Å². The van der Waals surface area contributed by atoms with Crippen molar-refractivity contribution in [3.8, 4) is 5.75 Å². The highest BCUT2D eigenvalue weighted by Crippen LogP contribution is 2.39. The molecular formula is C24H31F3N6O2. The first-order valence-electron chi connectivity index (χ1n) is 12.0. The zero-order chi connectivity index (χ0) is 24.7. The second-order valence-electron chi connectivity index (χ2n) is 10.2. The second-order valence-corrected chi connectivity index (χ2v) is 10.2. The molecule has 0 aliphatic carbocycles. The van der Waals surface area contributed by atoms with Gasteiger partial charge in [0.1, 0.15) is 0 Å². The molecule has 0 radical (unpaired) electrons. The third-order valence-corrected chi connectivity index (χ3v) is 7.30. The Hall–Kier alpha value is -2.79. The zero-order valence-electron chi connectivity index (χ0n) is 19.8. The van der Waals surface area contributed by atoms with E-state index in [9.17, 15) is 18.3 Å². The molecule has 8 nitrogen and oxygen atoms in total. The SMILES string of the molecule is CC1(C)CC[C@@H]2C[C@@H](Nc3nc(Nc4ccc(N5CC(O)C5)c(OC(F)F)c4)ncc3F)CCN21. The molecule has 5 rings (SSSR count). The van der Waals surface area contributed by atoms with Crippen molar-refractivity contribution in [2.45, 2.75) is 69.9 Å². The Morgan fingerprint density at radius 1 is 1.23 bits per heavy atom. The van der Waals surface area contributed by atoms with Crippen LogP contribution in [0.4, 0.5) is 36.3 Å². The average Bonchev–Trinajstić information content (AvgIpc) is 3.08. The molecule has 0 spiro atoms. The number of hydrogen-bond acceptors (Lipinski definition) is 8. The molecule has 3 saturated heterocycles. The van der Waals surface area contributed by atoms with Gasteiger partial charge in [0.15, 0.2) is 17.4 Å². The number of ether oxygens (including phenoxy) is 1. The van der Waals surface area contributed by atoms with Crippen molar-refractivity contribution in [2.24, 2.45) is 0 Å². The van der Waals surface area contributed by atoms with E-state index < -0.39 is 18.5 Å². The Morgan fingerprint density at radius 3 is 2.77 bits per heavy atom. The molecule has 0 saturated carbocycles. The van der Waals surface area contributed by atoms with Gasteiger partial charge in [-0.1, -0.05) is 0 Å². The first kappa shape index (κ1) is 23.9. The van der Waals surface area contributed by atoms with Crippen LogP contribution < -0.4 is 20.3 Å². The van der Waals surface area contributed by atoms with E-state index in [-0.39, 0.29) is 29.1 Å². The molecule has 3 aliphatic heterocycles. The van der Waals surface area contributed by atoms with Gasteiger partial charge in [0.05, 0.1) is 18.0 Å². The van der Waals surface area contributed by atoms with Crippen LogP contribution >= 0.6 is 0 Å². The van der Waals surface area contributed by atoms with Crippen LogP contribution in [-0.4, -0.2) is 69.9 Å². The first-order valence-corrected chi connectivity index (χ1v) is 12.0. The third-order valence-electron chi connectivity index (χ3n) is 7.30. The lowest BCUT2D eigenvalue weighted by molar-refractivity contribution is -0.0496. The van der Waals surface area contributed by atoms with Crippen molar-refractivity contribution >= 4 is 23.1 Å². The van der Waals surface area contributed by atoms with Gasteiger partial charge in [0.2, 0.25) is 5.95 Å². The molecule has 190 valence electrons. The number of hydrogen-bond donors (Lipinski definition) is 3. The van der Waals surface area contributed by atoms with Gasteiger partial charge in [-0.15, -0.1) is 0 Å². The summed E-state index contributed by atoms with van der Waals surface area (Å²) in [6.45, 7) is 3.21. The van der Waals surface area contributed by atoms with Crippen LogP contribution in [0.5, 0.6) is 5.75 Å². The van der Waals surface area contributed by atoms with Gasteiger partial charge in [-0.2, -0.15) is 13.8 Å². The molecule has 2 aromatic rings. The Balaban J connectivity index is 1.28. The first-order chi connectivity index (χ1) is 16.7. The second kappa shape index (κ2) is 9.34. The number of aliphatic hydroxyl groups excluding tert-OH is 1. The molecule has 2 atom stereocenters. The van der Waals surface area contributed by atoms with Crippen LogP contribution in [0.2, 0.25) is 0 Å². The predicted octanol–water partition coefficient (Wildman–Crippen LogP) is 3.96. The Kier molecular flexibility index (Phi) is 6.39.